The van der Waals surface area contributed by atoms with Gasteiger partial charge < -0.3 is 15.4 Å². The fourth-order valence-corrected chi connectivity index (χ4v) is 5.55. The number of hydrogen-bond acceptors (Lipinski definition) is 6. The van der Waals surface area contributed by atoms with Gasteiger partial charge in [0, 0.05) is 11.4 Å². The number of alkyl halides is 3. The molecular weight excluding hydrogens is 489 g/mol. The number of hydrogen-bond donors (Lipinski definition) is 2. The Morgan fingerprint density at radius 2 is 1.91 bits per heavy atom. The molecule has 1 aliphatic heterocycles. The van der Waals surface area contributed by atoms with Crippen molar-refractivity contribution in [2.75, 3.05) is 24.7 Å². The third-order valence-corrected chi connectivity index (χ3v) is 7.34. The van der Waals surface area contributed by atoms with Crippen LogP contribution in [0.25, 0.3) is 10.9 Å². The van der Waals surface area contributed by atoms with Crippen LogP contribution in [-0.2, 0) is 25.9 Å². The summed E-state index contributed by atoms with van der Waals surface area (Å²) >= 11 is 0. The van der Waals surface area contributed by atoms with Gasteiger partial charge in [0.15, 0.2) is 15.5 Å². The monoisotopic (exact) mass is 518 g/mol. The van der Waals surface area contributed by atoms with E-state index in [2.05, 4.69) is 20.5 Å². The van der Waals surface area contributed by atoms with E-state index in [1.54, 1.807) is 45.0 Å². The lowest BCUT2D eigenvalue weighted by Crippen LogP contribution is -2.55. The molecule has 1 aromatic carbocycles. The smallest absolute Gasteiger partial charge is 0.370 e. The van der Waals surface area contributed by atoms with E-state index >= 15 is 0 Å². The number of rotatable bonds is 8. The number of halogens is 3. The Balaban J connectivity index is 1.76. The van der Waals surface area contributed by atoms with Crippen molar-refractivity contribution in [1.29, 1.82) is 0 Å². The Labute approximate surface area is 201 Å². The fourth-order valence-electron chi connectivity index (χ4n) is 3.87. The summed E-state index contributed by atoms with van der Waals surface area (Å²) in [7, 11) is -3.20. The predicted molar refractivity (Wildman–Crippen MR) is 123 cm³/mol. The zero-order valence-electron chi connectivity index (χ0n) is 19.7. The number of ether oxygens (including phenoxy) is 1. The number of amides is 2. The number of aromatic nitrogens is 2. The first-order valence-electron chi connectivity index (χ1n) is 11.1. The van der Waals surface area contributed by atoms with Gasteiger partial charge in [0.05, 0.1) is 30.2 Å². The summed E-state index contributed by atoms with van der Waals surface area (Å²) in [5.74, 6) is -1.28. The highest BCUT2D eigenvalue weighted by Gasteiger charge is 2.37. The van der Waals surface area contributed by atoms with E-state index in [0.29, 0.717) is 17.3 Å². The minimum absolute atomic E-state index is 0.000595. The van der Waals surface area contributed by atoms with Crippen LogP contribution in [0.3, 0.4) is 0 Å². The Bertz CT molecular complexity index is 1190. The first-order chi connectivity index (χ1) is 16.2. The molecule has 0 bridgehead atoms. The van der Waals surface area contributed by atoms with E-state index in [1.165, 1.54) is 4.68 Å². The lowest BCUT2D eigenvalue weighted by molar-refractivity contribution is -0.174. The van der Waals surface area contributed by atoms with Crippen molar-refractivity contribution in [3.8, 4) is 0 Å². The zero-order chi connectivity index (χ0) is 26.0. The number of carbonyl (C=O) groups is 2. The van der Waals surface area contributed by atoms with Gasteiger partial charge in [-0.2, -0.15) is 18.3 Å². The summed E-state index contributed by atoms with van der Waals surface area (Å²) in [6, 6.07) is 5.22. The van der Waals surface area contributed by atoms with E-state index in [4.69, 9.17) is 0 Å². The highest BCUT2D eigenvalue weighted by molar-refractivity contribution is 7.91. The minimum atomic E-state index is -4.44. The highest BCUT2D eigenvalue weighted by Crippen LogP contribution is 2.23. The Morgan fingerprint density at radius 3 is 2.51 bits per heavy atom. The second-order valence-electron chi connectivity index (χ2n) is 9.64. The SMILES string of the molecule is CC(C)(C)C(NC(=O)c1nn(CCOCC(F)(F)F)c2ccccc12)C(=O)N[C@@H]1CCS(=O)(=O)C1. The molecule has 0 spiro atoms. The third-order valence-electron chi connectivity index (χ3n) is 5.57. The molecule has 0 aliphatic carbocycles. The lowest BCUT2D eigenvalue weighted by atomic mass is 9.85. The van der Waals surface area contributed by atoms with Gasteiger partial charge in [0.2, 0.25) is 5.91 Å². The molecule has 2 amide bonds. The number of carbonyl (C=O) groups excluding carboxylic acids is 2. The van der Waals surface area contributed by atoms with Crippen molar-refractivity contribution >= 4 is 32.6 Å². The molecule has 1 fully saturated rings. The van der Waals surface area contributed by atoms with Crippen LogP contribution < -0.4 is 10.6 Å². The van der Waals surface area contributed by atoms with Crippen molar-refractivity contribution in [3.63, 3.8) is 0 Å². The molecule has 9 nitrogen and oxygen atoms in total. The Hall–Kier alpha value is -2.67. The molecule has 0 radical (unpaired) electrons. The van der Waals surface area contributed by atoms with Gasteiger partial charge in [-0.3, -0.25) is 14.3 Å². The third kappa shape index (κ3) is 7.17. The van der Waals surface area contributed by atoms with E-state index in [9.17, 15) is 31.2 Å². The average molecular weight is 519 g/mol. The van der Waals surface area contributed by atoms with Gasteiger partial charge in [-0.15, -0.1) is 0 Å². The molecule has 13 heteroatoms. The van der Waals surface area contributed by atoms with Crippen molar-refractivity contribution in [2.24, 2.45) is 5.41 Å². The Morgan fingerprint density at radius 1 is 1.23 bits per heavy atom. The van der Waals surface area contributed by atoms with Gasteiger partial charge in [-0.25, -0.2) is 8.42 Å². The maximum Gasteiger partial charge on any atom is 0.411 e. The predicted octanol–water partition coefficient (Wildman–Crippen LogP) is 2.06. The number of nitrogens with one attached hydrogen (secondary N) is 2. The largest absolute Gasteiger partial charge is 0.411 e. The second-order valence-corrected chi connectivity index (χ2v) is 11.9. The molecule has 2 heterocycles. The molecular formula is C22H29F3N4O5S. The van der Waals surface area contributed by atoms with Crippen molar-refractivity contribution in [1.82, 2.24) is 20.4 Å². The molecule has 35 heavy (non-hydrogen) atoms. The first-order valence-corrected chi connectivity index (χ1v) is 12.9. The van der Waals surface area contributed by atoms with Crippen molar-refractivity contribution in [2.45, 2.75) is 52.0 Å². The molecule has 2 aromatic rings. The van der Waals surface area contributed by atoms with E-state index in [1.807, 2.05) is 0 Å². The minimum Gasteiger partial charge on any atom is -0.370 e. The molecule has 1 aromatic heterocycles. The summed E-state index contributed by atoms with van der Waals surface area (Å²) in [6.45, 7) is 3.63. The maximum atomic E-state index is 13.2. The topological polar surface area (TPSA) is 119 Å². The van der Waals surface area contributed by atoms with Crippen LogP contribution in [0.2, 0.25) is 0 Å². The van der Waals surface area contributed by atoms with Crippen LogP contribution in [0.4, 0.5) is 13.2 Å². The number of nitrogens with zero attached hydrogens (tertiary/aromatic N) is 2. The molecule has 0 saturated carbocycles. The van der Waals surface area contributed by atoms with Crippen LogP contribution >= 0.6 is 0 Å². The summed E-state index contributed by atoms with van der Waals surface area (Å²) < 4.78 is 66.5. The molecule has 3 rings (SSSR count). The summed E-state index contributed by atoms with van der Waals surface area (Å²) in [6.07, 6.45) is -4.13. The summed E-state index contributed by atoms with van der Waals surface area (Å²) in [5.41, 5.74) is -0.163. The van der Waals surface area contributed by atoms with E-state index in [-0.39, 0.29) is 30.4 Å². The normalized spacial score (nSPS) is 19.0. The fraction of sp³-hybridized carbons (Fsp3) is 0.591. The Kier molecular flexibility index (Phi) is 7.80. The van der Waals surface area contributed by atoms with Crippen LogP contribution in [0.1, 0.15) is 37.7 Å². The van der Waals surface area contributed by atoms with E-state index < -0.39 is 51.9 Å². The highest BCUT2D eigenvalue weighted by atomic mass is 32.2. The van der Waals surface area contributed by atoms with Crippen LogP contribution in [0.15, 0.2) is 24.3 Å². The van der Waals surface area contributed by atoms with Gasteiger partial charge >= 0.3 is 6.18 Å². The van der Waals surface area contributed by atoms with Gasteiger partial charge in [-0.1, -0.05) is 39.0 Å². The molecule has 2 atom stereocenters. The van der Waals surface area contributed by atoms with Crippen LogP contribution in [0.5, 0.6) is 0 Å². The van der Waals surface area contributed by atoms with Crippen LogP contribution in [-0.4, -0.2) is 73.0 Å². The van der Waals surface area contributed by atoms with Crippen LogP contribution in [0, 0.1) is 5.41 Å². The number of para-hydroxylation sites is 1. The number of sulfone groups is 1. The number of benzene rings is 1. The average Bonchev–Trinajstić information content (AvgIpc) is 3.27. The molecule has 1 aliphatic rings. The summed E-state index contributed by atoms with van der Waals surface area (Å²) in [4.78, 5) is 26.2. The maximum absolute atomic E-state index is 13.2. The lowest BCUT2D eigenvalue weighted by Gasteiger charge is -2.31. The van der Waals surface area contributed by atoms with Crippen molar-refractivity contribution in [3.05, 3.63) is 30.0 Å². The van der Waals surface area contributed by atoms with Gasteiger partial charge in [0.25, 0.3) is 5.91 Å². The van der Waals surface area contributed by atoms with Gasteiger partial charge in [0.1, 0.15) is 12.6 Å². The standard InChI is InChI=1S/C22H29F3N4O5S/c1-21(2,3)18(20(31)26-14-8-11-35(32,33)12-14)27-19(30)17-15-6-4-5-7-16(15)29(28-17)9-10-34-13-22(23,24)25/h4-7,14,18H,8-13H2,1-3H3,(H,26,31)(H,27,30)/t14-,18?/m1/s1. The molecule has 2 N–H and O–H groups in total. The molecule has 1 unspecified atom stereocenters. The quantitative estimate of drug-likeness (QED) is 0.517. The number of fused-ring (bicyclic) bond motifs is 1. The van der Waals surface area contributed by atoms with E-state index in [0.717, 1.165) is 0 Å². The zero-order valence-corrected chi connectivity index (χ0v) is 20.5. The van der Waals surface area contributed by atoms with Gasteiger partial charge in [-0.05, 0) is 17.9 Å². The molecule has 194 valence electrons. The second kappa shape index (κ2) is 10.1. The first kappa shape index (κ1) is 26.9. The van der Waals surface area contributed by atoms with Crippen molar-refractivity contribution < 1.29 is 35.9 Å². The molecule has 1 saturated heterocycles. The summed E-state index contributed by atoms with van der Waals surface area (Å²) in [5, 5.41) is 10.2.